The number of rotatable bonds is 3. The molecule has 2 heteroatoms. The molecule has 2 unspecified atom stereocenters. The van der Waals surface area contributed by atoms with E-state index in [0.29, 0.717) is 12.6 Å². The Morgan fingerprint density at radius 3 is 2.59 bits per heavy atom. The van der Waals surface area contributed by atoms with E-state index in [-0.39, 0.29) is 0 Å². The minimum Gasteiger partial charge on any atom is -0.326 e. The van der Waals surface area contributed by atoms with Crippen molar-refractivity contribution in [3.63, 3.8) is 0 Å². The first kappa shape index (κ1) is 12.6. The molecule has 0 aliphatic carbocycles. The Hall–Kier alpha value is -0.860. The van der Waals surface area contributed by atoms with E-state index in [1.807, 2.05) is 0 Å². The summed E-state index contributed by atoms with van der Waals surface area (Å²) in [6, 6.07) is 9.26. The summed E-state index contributed by atoms with van der Waals surface area (Å²) in [6.45, 7) is 7.62. The maximum absolute atomic E-state index is 5.80. The highest BCUT2D eigenvalue weighted by Crippen LogP contribution is 2.24. The molecule has 1 aromatic rings. The second-order valence-electron chi connectivity index (χ2n) is 5.43. The van der Waals surface area contributed by atoms with Gasteiger partial charge >= 0.3 is 0 Å². The van der Waals surface area contributed by atoms with E-state index in [1.165, 1.54) is 30.5 Å². The molecule has 1 aliphatic rings. The molecule has 0 aromatic heterocycles. The van der Waals surface area contributed by atoms with Crippen molar-refractivity contribution in [3.8, 4) is 0 Å². The summed E-state index contributed by atoms with van der Waals surface area (Å²) in [4.78, 5) is 2.60. The van der Waals surface area contributed by atoms with Gasteiger partial charge in [0, 0.05) is 25.7 Å². The van der Waals surface area contributed by atoms with Gasteiger partial charge in [-0.2, -0.15) is 0 Å². The third-order valence-electron chi connectivity index (χ3n) is 3.96. The van der Waals surface area contributed by atoms with Crippen LogP contribution in [0.15, 0.2) is 24.3 Å². The Labute approximate surface area is 105 Å². The second kappa shape index (κ2) is 5.65. The van der Waals surface area contributed by atoms with Gasteiger partial charge in [-0.3, -0.25) is 4.90 Å². The van der Waals surface area contributed by atoms with Crippen LogP contribution < -0.4 is 5.73 Å². The first-order valence-corrected chi connectivity index (χ1v) is 6.71. The third-order valence-corrected chi connectivity index (χ3v) is 3.96. The zero-order chi connectivity index (χ0) is 12.3. The second-order valence-corrected chi connectivity index (χ2v) is 5.43. The summed E-state index contributed by atoms with van der Waals surface area (Å²) >= 11 is 0. The molecule has 17 heavy (non-hydrogen) atoms. The zero-order valence-electron chi connectivity index (χ0n) is 11.0. The predicted octanol–water partition coefficient (Wildman–Crippen LogP) is 2.77. The molecular weight excluding hydrogens is 208 g/mol. The number of hydrogen-bond donors (Lipinski definition) is 1. The lowest BCUT2D eigenvalue weighted by molar-refractivity contribution is 0.117. The molecule has 2 nitrogen and oxygen atoms in total. The van der Waals surface area contributed by atoms with Gasteiger partial charge in [0.2, 0.25) is 0 Å². The lowest BCUT2D eigenvalue weighted by atomic mass is 9.94. The summed E-state index contributed by atoms with van der Waals surface area (Å²) < 4.78 is 0. The van der Waals surface area contributed by atoms with Crippen molar-refractivity contribution in [1.82, 2.24) is 4.90 Å². The molecule has 1 aliphatic heterocycles. The zero-order valence-corrected chi connectivity index (χ0v) is 11.0. The number of likely N-dealkylation sites (tertiary alicyclic amines) is 1. The van der Waals surface area contributed by atoms with E-state index in [2.05, 4.69) is 43.0 Å². The van der Waals surface area contributed by atoms with Crippen LogP contribution in [0.5, 0.6) is 0 Å². The Balaban J connectivity index is 2.08. The molecule has 1 heterocycles. The predicted molar refractivity (Wildman–Crippen MR) is 72.6 cm³/mol. The van der Waals surface area contributed by atoms with Crippen molar-refractivity contribution in [2.75, 3.05) is 6.54 Å². The molecule has 94 valence electrons. The smallest absolute Gasteiger partial charge is 0.0239 e. The van der Waals surface area contributed by atoms with Crippen molar-refractivity contribution in [3.05, 3.63) is 35.4 Å². The lowest BCUT2D eigenvalue weighted by Gasteiger charge is -2.37. The average molecular weight is 232 g/mol. The van der Waals surface area contributed by atoms with Gasteiger partial charge < -0.3 is 5.73 Å². The molecule has 1 saturated heterocycles. The fourth-order valence-corrected chi connectivity index (χ4v) is 2.73. The summed E-state index contributed by atoms with van der Waals surface area (Å²) in [5.41, 5.74) is 8.49. The molecule has 0 saturated carbocycles. The van der Waals surface area contributed by atoms with Gasteiger partial charge in [-0.15, -0.1) is 0 Å². The van der Waals surface area contributed by atoms with Crippen molar-refractivity contribution < 1.29 is 0 Å². The van der Waals surface area contributed by atoms with Gasteiger partial charge in [-0.05, 0) is 36.8 Å². The summed E-state index contributed by atoms with van der Waals surface area (Å²) in [7, 11) is 0. The molecule has 2 N–H and O–H groups in total. The van der Waals surface area contributed by atoms with Crippen LogP contribution in [0.25, 0.3) is 0 Å². The summed E-state index contributed by atoms with van der Waals surface area (Å²) in [5.74, 6) is 0.830. The quantitative estimate of drug-likeness (QED) is 0.868. The average Bonchev–Trinajstić information content (AvgIpc) is 2.34. The Kier molecular flexibility index (Phi) is 4.19. The van der Waals surface area contributed by atoms with Crippen LogP contribution >= 0.6 is 0 Å². The molecule has 1 fully saturated rings. The molecule has 2 rings (SSSR count). The van der Waals surface area contributed by atoms with E-state index in [0.717, 1.165) is 12.5 Å². The number of nitrogens with two attached hydrogens (primary N) is 1. The monoisotopic (exact) mass is 232 g/mol. The number of nitrogens with zero attached hydrogens (tertiary/aromatic N) is 1. The van der Waals surface area contributed by atoms with Gasteiger partial charge in [-0.1, -0.05) is 31.2 Å². The van der Waals surface area contributed by atoms with Crippen molar-refractivity contribution in [2.45, 2.75) is 45.8 Å². The van der Waals surface area contributed by atoms with E-state index >= 15 is 0 Å². The standard InChI is InChI=1S/C15H24N2/c1-12-7-8-13(2)17(10-12)11-15-6-4-3-5-14(15)9-16/h3-6,12-13H,7-11,16H2,1-2H3. The molecule has 0 bridgehead atoms. The molecule has 1 aromatic carbocycles. The fraction of sp³-hybridized carbons (Fsp3) is 0.600. The number of hydrogen-bond acceptors (Lipinski definition) is 2. The normalized spacial score (nSPS) is 26.1. The molecule has 0 amide bonds. The van der Waals surface area contributed by atoms with Crippen LogP contribution in [-0.2, 0) is 13.1 Å². The van der Waals surface area contributed by atoms with E-state index in [4.69, 9.17) is 5.73 Å². The topological polar surface area (TPSA) is 29.3 Å². The maximum atomic E-state index is 5.80. The largest absolute Gasteiger partial charge is 0.326 e. The highest BCUT2D eigenvalue weighted by atomic mass is 15.2. The first-order valence-electron chi connectivity index (χ1n) is 6.71. The number of piperidine rings is 1. The minimum absolute atomic E-state index is 0.647. The molecular formula is C15H24N2. The molecule has 0 radical (unpaired) electrons. The summed E-state index contributed by atoms with van der Waals surface area (Å²) in [6.07, 6.45) is 2.70. The van der Waals surface area contributed by atoms with Gasteiger partial charge in [-0.25, -0.2) is 0 Å². The lowest BCUT2D eigenvalue weighted by Crippen LogP contribution is -2.40. The van der Waals surface area contributed by atoms with E-state index in [1.54, 1.807) is 0 Å². The highest BCUT2D eigenvalue weighted by Gasteiger charge is 2.23. The van der Waals surface area contributed by atoms with Crippen LogP contribution in [0.4, 0.5) is 0 Å². The van der Waals surface area contributed by atoms with Crippen molar-refractivity contribution in [2.24, 2.45) is 11.7 Å². The highest BCUT2D eigenvalue weighted by molar-refractivity contribution is 5.26. The van der Waals surface area contributed by atoms with E-state index < -0.39 is 0 Å². The maximum Gasteiger partial charge on any atom is 0.0239 e. The van der Waals surface area contributed by atoms with Crippen LogP contribution in [0.2, 0.25) is 0 Å². The van der Waals surface area contributed by atoms with Gasteiger partial charge in [0.05, 0.1) is 0 Å². The van der Waals surface area contributed by atoms with Gasteiger partial charge in [0.15, 0.2) is 0 Å². The Bertz CT molecular complexity index is 362. The Morgan fingerprint density at radius 1 is 1.18 bits per heavy atom. The van der Waals surface area contributed by atoms with Gasteiger partial charge in [0.1, 0.15) is 0 Å². The fourth-order valence-electron chi connectivity index (χ4n) is 2.73. The van der Waals surface area contributed by atoms with Crippen LogP contribution in [-0.4, -0.2) is 17.5 Å². The molecule has 0 spiro atoms. The van der Waals surface area contributed by atoms with Crippen molar-refractivity contribution in [1.29, 1.82) is 0 Å². The van der Waals surface area contributed by atoms with Crippen LogP contribution in [0, 0.1) is 5.92 Å². The SMILES string of the molecule is CC1CCC(C)N(Cc2ccccc2CN)C1. The summed E-state index contributed by atoms with van der Waals surface area (Å²) in [5, 5.41) is 0. The number of benzene rings is 1. The van der Waals surface area contributed by atoms with Crippen LogP contribution in [0.1, 0.15) is 37.8 Å². The Morgan fingerprint density at radius 2 is 1.88 bits per heavy atom. The van der Waals surface area contributed by atoms with E-state index in [9.17, 15) is 0 Å². The minimum atomic E-state index is 0.647. The van der Waals surface area contributed by atoms with Crippen molar-refractivity contribution >= 4 is 0 Å². The molecule has 2 atom stereocenters. The van der Waals surface area contributed by atoms with Crippen LogP contribution in [0.3, 0.4) is 0 Å². The van der Waals surface area contributed by atoms with Gasteiger partial charge in [0.25, 0.3) is 0 Å². The first-order chi connectivity index (χ1) is 8.20. The third kappa shape index (κ3) is 3.08.